The summed E-state index contributed by atoms with van der Waals surface area (Å²) in [7, 11) is 0. The third-order valence-electron chi connectivity index (χ3n) is 6.38. The molecule has 2 aliphatic heterocycles. The molecule has 0 aromatic heterocycles. The van der Waals surface area contributed by atoms with Gasteiger partial charge in [0.05, 0.1) is 13.2 Å². The fraction of sp³-hybridized carbons (Fsp3) is 0.462. The quantitative estimate of drug-likeness (QED) is 0.517. The third-order valence-corrected chi connectivity index (χ3v) is 7.16. The van der Waals surface area contributed by atoms with Gasteiger partial charge in [-0.05, 0) is 91.0 Å². The number of carbonyl (C=O) groups is 1. The molecule has 0 radical (unpaired) electrons. The minimum absolute atomic E-state index is 0.107. The summed E-state index contributed by atoms with van der Waals surface area (Å²) in [4.78, 5) is 33.4. The summed E-state index contributed by atoms with van der Waals surface area (Å²) >= 11 is 3.61. The number of nitrogens with zero attached hydrogens (tertiary/aromatic N) is 2. The highest BCUT2D eigenvalue weighted by Crippen LogP contribution is 2.43. The molecule has 2 aliphatic rings. The van der Waals surface area contributed by atoms with Crippen LogP contribution in [0.4, 0.5) is 5.69 Å². The highest BCUT2D eigenvalue weighted by atomic mass is 79.9. The molecule has 2 aromatic carbocycles. The van der Waals surface area contributed by atoms with Crippen LogP contribution in [-0.4, -0.2) is 49.8 Å². The SMILES string of the molecule is CCOc1cc(CN2CCC3(CC2)CC(=O)N(c2ccccc2)C3)cc(OCC)c1Br.O=C=O. The number of likely N-dealkylation sites (tertiary alicyclic amines) is 1. The number of hydrogen-bond acceptors (Lipinski definition) is 6. The largest absolute Gasteiger partial charge is 0.493 e. The zero-order valence-corrected chi connectivity index (χ0v) is 21.3. The Balaban J connectivity index is 0.00000103. The van der Waals surface area contributed by atoms with Gasteiger partial charge in [0.2, 0.25) is 5.91 Å². The summed E-state index contributed by atoms with van der Waals surface area (Å²) in [6.07, 6.45) is 3.02. The average molecular weight is 531 g/mol. The second-order valence-electron chi connectivity index (χ2n) is 8.62. The number of anilines is 1. The van der Waals surface area contributed by atoms with Crippen molar-refractivity contribution in [1.29, 1.82) is 0 Å². The number of piperidine rings is 1. The molecule has 4 rings (SSSR count). The second kappa shape index (κ2) is 12.2. The Morgan fingerprint density at radius 1 is 1.00 bits per heavy atom. The van der Waals surface area contributed by atoms with Crippen molar-refractivity contribution in [1.82, 2.24) is 4.90 Å². The fourth-order valence-electron chi connectivity index (χ4n) is 4.76. The van der Waals surface area contributed by atoms with Crippen molar-refractivity contribution in [2.75, 3.05) is 37.7 Å². The van der Waals surface area contributed by atoms with Gasteiger partial charge in [-0.2, -0.15) is 9.59 Å². The topological polar surface area (TPSA) is 76.2 Å². The molecule has 8 heteroatoms. The Kier molecular flexibility index (Phi) is 9.28. The van der Waals surface area contributed by atoms with E-state index in [1.165, 1.54) is 5.56 Å². The number of ether oxygens (including phenoxy) is 2. The van der Waals surface area contributed by atoms with Gasteiger partial charge < -0.3 is 14.4 Å². The smallest absolute Gasteiger partial charge is 0.373 e. The minimum atomic E-state index is 0.107. The minimum Gasteiger partial charge on any atom is -0.493 e. The average Bonchev–Trinajstić information content (AvgIpc) is 3.15. The van der Waals surface area contributed by atoms with Crippen molar-refractivity contribution in [2.45, 2.75) is 39.7 Å². The monoisotopic (exact) mass is 530 g/mol. The molecule has 2 saturated heterocycles. The summed E-state index contributed by atoms with van der Waals surface area (Å²) in [6.45, 7) is 8.92. The lowest BCUT2D eigenvalue weighted by molar-refractivity contribution is -0.191. The zero-order chi connectivity index (χ0) is 24.6. The van der Waals surface area contributed by atoms with Gasteiger partial charge in [0.25, 0.3) is 0 Å². The molecule has 1 spiro atoms. The maximum atomic E-state index is 12.7. The molecular weight excluding hydrogens is 500 g/mol. The maximum absolute atomic E-state index is 12.7. The van der Waals surface area contributed by atoms with Crippen molar-refractivity contribution >= 4 is 33.7 Å². The first-order valence-corrected chi connectivity index (χ1v) is 12.4. The number of hydrogen-bond donors (Lipinski definition) is 0. The molecule has 2 fully saturated rings. The summed E-state index contributed by atoms with van der Waals surface area (Å²) < 4.78 is 12.5. The molecule has 0 saturated carbocycles. The van der Waals surface area contributed by atoms with E-state index in [9.17, 15) is 4.79 Å². The van der Waals surface area contributed by atoms with E-state index in [4.69, 9.17) is 19.1 Å². The Morgan fingerprint density at radius 3 is 2.09 bits per heavy atom. The molecule has 2 heterocycles. The number of benzene rings is 2. The molecule has 0 unspecified atom stereocenters. The molecule has 2 aromatic rings. The highest BCUT2D eigenvalue weighted by Gasteiger charge is 2.45. The molecule has 7 nitrogen and oxygen atoms in total. The van der Waals surface area contributed by atoms with E-state index in [0.717, 1.165) is 60.7 Å². The highest BCUT2D eigenvalue weighted by molar-refractivity contribution is 9.10. The van der Waals surface area contributed by atoms with Crippen LogP contribution < -0.4 is 14.4 Å². The molecule has 0 atom stereocenters. The first-order valence-electron chi connectivity index (χ1n) is 11.6. The molecule has 34 heavy (non-hydrogen) atoms. The molecule has 0 N–H and O–H groups in total. The van der Waals surface area contributed by atoms with Crippen molar-refractivity contribution < 1.29 is 23.9 Å². The van der Waals surface area contributed by atoms with E-state index in [1.54, 1.807) is 0 Å². The van der Waals surface area contributed by atoms with Crippen molar-refractivity contribution in [3.63, 3.8) is 0 Å². The van der Waals surface area contributed by atoms with E-state index >= 15 is 0 Å². The lowest BCUT2D eigenvalue weighted by Crippen LogP contribution is -2.41. The van der Waals surface area contributed by atoms with Gasteiger partial charge in [-0.25, -0.2) is 0 Å². The first-order chi connectivity index (χ1) is 16.4. The summed E-state index contributed by atoms with van der Waals surface area (Å²) in [5.41, 5.74) is 2.32. The van der Waals surface area contributed by atoms with Crippen LogP contribution in [0.1, 0.15) is 38.7 Å². The Hall–Kier alpha value is -2.67. The van der Waals surface area contributed by atoms with Gasteiger partial charge >= 0.3 is 6.15 Å². The number of para-hydroxylation sites is 1. The number of halogens is 1. The Labute approximate surface area is 209 Å². The predicted octanol–water partition coefficient (Wildman–Crippen LogP) is 4.68. The number of rotatable bonds is 7. The van der Waals surface area contributed by atoms with Crippen LogP contribution in [0.2, 0.25) is 0 Å². The number of amides is 1. The van der Waals surface area contributed by atoms with E-state index in [-0.39, 0.29) is 17.5 Å². The van der Waals surface area contributed by atoms with Gasteiger partial charge in [0.1, 0.15) is 16.0 Å². The normalized spacial score (nSPS) is 17.1. The van der Waals surface area contributed by atoms with Gasteiger partial charge in [0, 0.05) is 25.2 Å². The van der Waals surface area contributed by atoms with Gasteiger partial charge in [-0.15, -0.1) is 0 Å². The summed E-state index contributed by atoms with van der Waals surface area (Å²) in [6, 6.07) is 14.3. The fourth-order valence-corrected chi connectivity index (χ4v) is 5.21. The van der Waals surface area contributed by atoms with Crippen LogP contribution in [-0.2, 0) is 20.9 Å². The maximum Gasteiger partial charge on any atom is 0.373 e. The van der Waals surface area contributed by atoms with E-state index in [2.05, 4.69) is 33.0 Å². The van der Waals surface area contributed by atoms with Crippen LogP contribution in [0.3, 0.4) is 0 Å². The third kappa shape index (κ3) is 6.26. The Bertz CT molecular complexity index is 973. The van der Waals surface area contributed by atoms with Gasteiger partial charge in [-0.1, -0.05) is 18.2 Å². The summed E-state index contributed by atoms with van der Waals surface area (Å²) in [5, 5.41) is 0. The predicted molar refractivity (Wildman–Crippen MR) is 132 cm³/mol. The molecule has 1 amide bonds. The lowest BCUT2D eigenvalue weighted by Gasteiger charge is -2.39. The standard InChI is InChI=1S/C25H31BrN2O3.CO2/c1-3-30-21-14-19(15-22(24(21)26)31-4-2)17-27-12-10-25(11-13-27)16-23(29)28(18-25)20-8-6-5-7-9-20;2-1-3/h5-9,14-15H,3-4,10-13,16-18H2,1-2H3;. The van der Waals surface area contributed by atoms with Crippen molar-refractivity contribution in [2.24, 2.45) is 5.41 Å². The van der Waals surface area contributed by atoms with Crippen LogP contribution >= 0.6 is 15.9 Å². The van der Waals surface area contributed by atoms with Crippen LogP contribution in [0.5, 0.6) is 11.5 Å². The van der Waals surface area contributed by atoms with Crippen molar-refractivity contribution in [3.8, 4) is 11.5 Å². The van der Waals surface area contributed by atoms with E-state index in [0.29, 0.717) is 19.6 Å². The van der Waals surface area contributed by atoms with Crippen molar-refractivity contribution in [3.05, 3.63) is 52.5 Å². The van der Waals surface area contributed by atoms with Crippen LogP contribution in [0.15, 0.2) is 46.9 Å². The summed E-state index contributed by atoms with van der Waals surface area (Å²) in [5.74, 6) is 1.92. The van der Waals surface area contributed by atoms with Crippen LogP contribution in [0.25, 0.3) is 0 Å². The molecule has 182 valence electrons. The lowest BCUT2D eigenvalue weighted by atomic mass is 9.77. The van der Waals surface area contributed by atoms with Gasteiger partial charge in [0.15, 0.2) is 0 Å². The second-order valence-corrected chi connectivity index (χ2v) is 9.42. The van der Waals surface area contributed by atoms with Crippen LogP contribution in [0, 0.1) is 5.41 Å². The first kappa shape index (κ1) is 25.9. The van der Waals surface area contributed by atoms with Gasteiger partial charge in [-0.3, -0.25) is 9.69 Å². The molecule has 0 bridgehead atoms. The Morgan fingerprint density at radius 2 is 1.56 bits per heavy atom. The number of carbonyl (C=O) groups excluding carboxylic acids is 3. The van der Waals surface area contributed by atoms with E-state index in [1.807, 2.05) is 49.1 Å². The molecule has 0 aliphatic carbocycles. The molecular formula is C26H31BrN2O5. The van der Waals surface area contributed by atoms with E-state index < -0.39 is 0 Å². The zero-order valence-electron chi connectivity index (χ0n) is 19.7.